The molecule has 0 aliphatic carbocycles. The van der Waals surface area contributed by atoms with Gasteiger partial charge in [-0.25, -0.2) is 19.9 Å². The highest BCUT2D eigenvalue weighted by Crippen LogP contribution is 2.21. The second-order valence-electron chi connectivity index (χ2n) is 3.80. The number of rotatable bonds is 5. The molecule has 0 atom stereocenters. The molecule has 2 rings (SSSR count). The summed E-state index contributed by atoms with van der Waals surface area (Å²) in [5, 5.41) is 3.74. The highest BCUT2D eigenvalue weighted by molar-refractivity contribution is 6.30. The summed E-state index contributed by atoms with van der Waals surface area (Å²) < 4.78 is 0. The molecule has 0 spiro atoms. The summed E-state index contributed by atoms with van der Waals surface area (Å²) in [7, 11) is 0. The van der Waals surface area contributed by atoms with Crippen molar-refractivity contribution in [1.29, 1.82) is 0 Å². The second-order valence-corrected chi connectivity index (χ2v) is 4.15. The Morgan fingerprint density at radius 1 is 1.22 bits per heavy atom. The van der Waals surface area contributed by atoms with Crippen molar-refractivity contribution in [2.24, 2.45) is 0 Å². The highest BCUT2D eigenvalue weighted by atomic mass is 35.5. The van der Waals surface area contributed by atoms with Crippen molar-refractivity contribution in [3.05, 3.63) is 41.3 Å². The number of aromatic nitrogens is 4. The average Bonchev–Trinajstić information content (AvgIpc) is 2.41. The lowest BCUT2D eigenvalue weighted by Crippen LogP contribution is -2.07. The number of hydrogen-bond donors (Lipinski definition) is 1. The Morgan fingerprint density at radius 3 is 2.83 bits per heavy atom. The smallest absolute Gasteiger partial charge is 0.137 e. The van der Waals surface area contributed by atoms with Crippen LogP contribution in [0.5, 0.6) is 0 Å². The molecule has 0 radical (unpaired) electrons. The van der Waals surface area contributed by atoms with Crippen molar-refractivity contribution in [3.8, 4) is 0 Å². The Bertz CT molecular complexity index is 503. The van der Waals surface area contributed by atoms with Crippen LogP contribution in [0, 0.1) is 0 Å². The Morgan fingerprint density at radius 2 is 2.11 bits per heavy atom. The predicted octanol–water partition coefficient (Wildman–Crippen LogP) is 2.48. The predicted molar refractivity (Wildman–Crippen MR) is 70.4 cm³/mol. The lowest BCUT2D eigenvalue weighted by atomic mass is 10.2. The molecule has 0 aliphatic heterocycles. The third-order valence-corrected chi connectivity index (χ3v) is 2.80. The van der Waals surface area contributed by atoms with Crippen molar-refractivity contribution < 1.29 is 0 Å². The molecule has 0 amide bonds. The van der Waals surface area contributed by atoms with Gasteiger partial charge in [0, 0.05) is 11.8 Å². The van der Waals surface area contributed by atoms with Gasteiger partial charge in [0.25, 0.3) is 0 Å². The fraction of sp³-hybridized carbons (Fsp3) is 0.333. The van der Waals surface area contributed by atoms with Gasteiger partial charge in [-0.3, -0.25) is 0 Å². The molecule has 0 bridgehead atoms. The fourth-order valence-electron chi connectivity index (χ4n) is 1.61. The summed E-state index contributed by atoms with van der Waals surface area (Å²) >= 11 is 6.07. The molecule has 0 unspecified atom stereocenters. The van der Waals surface area contributed by atoms with Crippen LogP contribution in [0.2, 0.25) is 5.15 Å². The summed E-state index contributed by atoms with van der Waals surface area (Å²) in [6.07, 6.45) is 6.55. The van der Waals surface area contributed by atoms with Gasteiger partial charge in [0.2, 0.25) is 0 Å². The minimum atomic E-state index is 0.511. The van der Waals surface area contributed by atoms with E-state index in [0.29, 0.717) is 11.7 Å². The minimum Gasteiger partial charge on any atom is -0.364 e. The van der Waals surface area contributed by atoms with Crippen LogP contribution in [-0.2, 0) is 13.0 Å². The van der Waals surface area contributed by atoms with E-state index < -0.39 is 0 Å². The summed E-state index contributed by atoms with van der Waals surface area (Å²) in [5.41, 5.74) is 1.86. The van der Waals surface area contributed by atoms with E-state index in [9.17, 15) is 0 Å². The molecule has 6 heteroatoms. The molecule has 94 valence electrons. The van der Waals surface area contributed by atoms with Gasteiger partial charge in [0.1, 0.15) is 23.6 Å². The van der Waals surface area contributed by atoms with Crippen LogP contribution in [0.1, 0.15) is 24.6 Å². The molecule has 5 nitrogen and oxygen atoms in total. The fourth-order valence-corrected chi connectivity index (χ4v) is 1.84. The quantitative estimate of drug-likeness (QED) is 0.840. The zero-order valence-corrected chi connectivity index (χ0v) is 10.9. The Labute approximate surface area is 111 Å². The van der Waals surface area contributed by atoms with Gasteiger partial charge in [-0.05, 0) is 12.5 Å². The standard InChI is InChI=1S/C12H14ClN5/c1-2-3-10-11(13)17-8-18-12(10)15-6-9-4-5-14-7-16-9/h4-5,7-8H,2-3,6H2,1H3,(H,15,17,18). The normalized spacial score (nSPS) is 10.3. The summed E-state index contributed by atoms with van der Waals surface area (Å²) in [6, 6.07) is 1.86. The largest absolute Gasteiger partial charge is 0.364 e. The van der Waals surface area contributed by atoms with Crippen LogP contribution in [-0.4, -0.2) is 19.9 Å². The lowest BCUT2D eigenvalue weighted by molar-refractivity contribution is 0.893. The third-order valence-electron chi connectivity index (χ3n) is 2.47. The zero-order chi connectivity index (χ0) is 12.8. The molecule has 0 aromatic carbocycles. The van der Waals surface area contributed by atoms with Crippen molar-refractivity contribution in [2.45, 2.75) is 26.3 Å². The van der Waals surface area contributed by atoms with Gasteiger partial charge >= 0.3 is 0 Å². The minimum absolute atomic E-state index is 0.511. The molecule has 0 aliphatic rings. The van der Waals surface area contributed by atoms with Crippen LogP contribution in [0.15, 0.2) is 24.9 Å². The summed E-state index contributed by atoms with van der Waals surface area (Å²) in [5.74, 6) is 0.774. The highest BCUT2D eigenvalue weighted by Gasteiger charge is 2.08. The summed E-state index contributed by atoms with van der Waals surface area (Å²) in [6.45, 7) is 2.68. The van der Waals surface area contributed by atoms with E-state index in [-0.39, 0.29) is 0 Å². The maximum absolute atomic E-state index is 6.07. The molecule has 2 heterocycles. The first kappa shape index (κ1) is 12.7. The van der Waals surface area contributed by atoms with Gasteiger partial charge in [0.15, 0.2) is 0 Å². The molecular weight excluding hydrogens is 250 g/mol. The van der Waals surface area contributed by atoms with Gasteiger partial charge in [0.05, 0.1) is 12.2 Å². The Kier molecular flexibility index (Phi) is 4.41. The van der Waals surface area contributed by atoms with Gasteiger partial charge < -0.3 is 5.32 Å². The van der Waals surface area contributed by atoms with E-state index >= 15 is 0 Å². The molecule has 1 N–H and O–H groups in total. The van der Waals surface area contributed by atoms with Crippen molar-refractivity contribution in [1.82, 2.24) is 19.9 Å². The Balaban J connectivity index is 2.11. The van der Waals surface area contributed by atoms with Gasteiger partial charge in [-0.15, -0.1) is 0 Å². The molecule has 0 fully saturated rings. The molecular formula is C12H14ClN5. The molecule has 2 aromatic rings. The maximum atomic E-state index is 6.07. The molecule has 0 saturated carbocycles. The SMILES string of the molecule is CCCc1c(Cl)ncnc1NCc1ccncn1. The molecule has 0 saturated heterocycles. The second kappa shape index (κ2) is 6.26. The van der Waals surface area contributed by atoms with Crippen LogP contribution < -0.4 is 5.32 Å². The van der Waals surface area contributed by atoms with Gasteiger partial charge in [-0.2, -0.15) is 0 Å². The van der Waals surface area contributed by atoms with Crippen molar-refractivity contribution in [2.75, 3.05) is 5.32 Å². The average molecular weight is 264 g/mol. The van der Waals surface area contributed by atoms with E-state index in [4.69, 9.17) is 11.6 Å². The van der Waals surface area contributed by atoms with Crippen LogP contribution >= 0.6 is 11.6 Å². The molecule has 18 heavy (non-hydrogen) atoms. The Hall–Kier alpha value is -1.75. The van der Waals surface area contributed by atoms with Crippen molar-refractivity contribution >= 4 is 17.4 Å². The van der Waals surface area contributed by atoms with Crippen LogP contribution in [0.4, 0.5) is 5.82 Å². The number of anilines is 1. The van der Waals surface area contributed by atoms with E-state index in [1.807, 2.05) is 6.07 Å². The van der Waals surface area contributed by atoms with Crippen LogP contribution in [0.3, 0.4) is 0 Å². The van der Waals surface area contributed by atoms with E-state index in [0.717, 1.165) is 29.9 Å². The maximum Gasteiger partial charge on any atom is 0.137 e. The third kappa shape index (κ3) is 3.13. The number of nitrogens with one attached hydrogen (secondary N) is 1. The van der Waals surface area contributed by atoms with Crippen LogP contribution in [0.25, 0.3) is 0 Å². The van der Waals surface area contributed by atoms with Crippen molar-refractivity contribution in [3.63, 3.8) is 0 Å². The van der Waals surface area contributed by atoms with E-state index in [2.05, 4.69) is 32.2 Å². The number of nitrogens with zero attached hydrogens (tertiary/aromatic N) is 4. The summed E-state index contributed by atoms with van der Waals surface area (Å²) in [4.78, 5) is 16.2. The molecule has 2 aromatic heterocycles. The lowest BCUT2D eigenvalue weighted by Gasteiger charge is -2.10. The monoisotopic (exact) mass is 263 g/mol. The first-order valence-electron chi connectivity index (χ1n) is 5.79. The van der Waals surface area contributed by atoms with Gasteiger partial charge in [-0.1, -0.05) is 24.9 Å². The van der Waals surface area contributed by atoms with E-state index in [1.165, 1.54) is 12.7 Å². The number of hydrogen-bond acceptors (Lipinski definition) is 5. The number of halogens is 1. The zero-order valence-electron chi connectivity index (χ0n) is 10.1. The first-order valence-corrected chi connectivity index (χ1v) is 6.17. The topological polar surface area (TPSA) is 63.6 Å². The van der Waals surface area contributed by atoms with E-state index in [1.54, 1.807) is 6.20 Å². The first-order chi connectivity index (χ1) is 8.81.